The first kappa shape index (κ1) is 61.7. The molecule has 0 N–H and O–H groups in total. The second-order valence-electron chi connectivity index (χ2n) is 18.7. The van der Waals surface area contributed by atoms with Crippen LogP contribution in [0.1, 0.15) is 78.6 Å². The second kappa shape index (κ2) is 25.3. The normalized spacial score (nSPS) is 17.3. The number of cyclic esters (lactones) is 2. The van der Waals surface area contributed by atoms with Crippen LogP contribution in [0.4, 0.5) is 0 Å². The van der Waals surface area contributed by atoms with Gasteiger partial charge in [0.2, 0.25) is 0 Å². The molecule has 12 rings (SSSR count). The molecule has 20 nitrogen and oxygen atoms in total. The molecule has 0 fully saturated rings. The number of benzene rings is 4. The molecule has 4 aliphatic heterocycles. The largest absolute Gasteiger partial charge is 1.00 e. The summed E-state index contributed by atoms with van der Waals surface area (Å²) in [5.41, 5.74) is 4.28. The maximum absolute atomic E-state index is 13.8. The number of rotatable bonds is 16. The Bertz CT molecular complexity index is 3870. The van der Waals surface area contributed by atoms with Crippen molar-refractivity contribution in [1.29, 1.82) is 0 Å². The van der Waals surface area contributed by atoms with E-state index in [1.807, 2.05) is 121 Å². The van der Waals surface area contributed by atoms with Crippen molar-refractivity contribution in [2.24, 2.45) is 0 Å². The molecule has 0 bridgehead atoms. The Morgan fingerprint density at radius 1 is 0.556 bits per heavy atom. The maximum atomic E-state index is 13.8. The van der Waals surface area contributed by atoms with Crippen molar-refractivity contribution in [1.82, 2.24) is 19.1 Å². The van der Waals surface area contributed by atoms with Gasteiger partial charge in [-0.2, -0.15) is 0 Å². The quantitative estimate of drug-likeness (QED) is 0.0581. The summed E-state index contributed by atoms with van der Waals surface area (Å²) in [5, 5.41) is 1.92. The van der Waals surface area contributed by atoms with Crippen molar-refractivity contribution in [3.63, 3.8) is 0 Å². The predicted molar refractivity (Wildman–Crippen MR) is 283 cm³/mol. The zero-order valence-corrected chi connectivity index (χ0v) is 49.8. The molecule has 8 aromatic rings. The van der Waals surface area contributed by atoms with Crippen LogP contribution in [0.3, 0.4) is 0 Å². The molecule has 0 aliphatic carbocycles. The van der Waals surface area contributed by atoms with Gasteiger partial charge in [-0.15, -0.1) is 0 Å². The van der Waals surface area contributed by atoms with Crippen LogP contribution in [-0.2, 0) is 106 Å². The molecular weight excluding hydrogens is 1100 g/mol. The maximum Gasteiger partial charge on any atom is 1.00 e. The number of phosphoric acid groups is 2. The number of carbonyl (C=O) groups excluding carboxylic acids is 2. The molecule has 24 heteroatoms. The molecule has 0 radical (unpaired) electrons. The van der Waals surface area contributed by atoms with E-state index < -0.39 is 52.4 Å². The van der Waals surface area contributed by atoms with Gasteiger partial charge in [-0.05, 0) is 60.4 Å². The van der Waals surface area contributed by atoms with Crippen molar-refractivity contribution in [3.05, 3.63) is 199 Å². The number of nitrogens with zero attached hydrogens (tertiary/aromatic N) is 4. The van der Waals surface area contributed by atoms with Gasteiger partial charge in [0.15, 0.2) is 24.8 Å². The Hall–Kier alpha value is -5.32. The van der Waals surface area contributed by atoms with Crippen LogP contribution in [0.15, 0.2) is 143 Å². The van der Waals surface area contributed by atoms with E-state index in [1.165, 1.54) is 0 Å². The number of hydrogen-bond acceptors (Lipinski definition) is 18. The number of fused-ring (bicyclic) bond motifs is 10. The Kier molecular flexibility index (Phi) is 19.3. The standard InChI is InChI=1S/C35H31N2O8P.C21H19N2O8P.CH4.2Na/c1-2-35(42-23-45-46(40,43-20-24-11-5-3-6-12-24)44-21-25-13-7-4-8-14-25)29-18-31-32-27(17-26-15-9-10-16-30(26)36-32)19-37(31)33(38)28(29)22-41-34(35)39;1-2-21(30-11-31-32(26,27)28)15-8-17-18-13(7-12-5-3-4-6-16(12)22-18)9-23(17)19(24)14(15)10-29-20(21)25;;;/h3-18H,2,19-23H2,1H3;3-8H,2,9-11H2,1H3,(H2,26,27,28);1H4;;/q;;;2*+1/p-2/t35-;21-;;;/m00.../s1. The molecule has 2 atom stereocenters. The fourth-order valence-corrected chi connectivity index (χ4v) is 11.5. The van der Waals surface area contributed by atoms with E-state index in [-0.39, 0.29) is 128 Å². The summed E-state index contributed by atoms with van der Waals surface area (Å²) in [7, 11) is -9.53. The molecule has 4 aromatic carbocycles. The smallest absolute Gasteiger partial charge is 0.790 e. The van der Waals surface area contributed by atoms with Gasteiger partial charge in [-0.25, -0.2) is 24.1 Å². The topological polar surface area (TPSA) is 258 Å². The van der Waals surface area contributed by atoms with Crippen molar-refractivity contribution in [2.75, 3.05) is 13.6 Å². The van der Waals surface area contributed by atoms with Crippen LogP contribution >= 0.6 is 15.6 Å². The van der Waals surface area contributed by atoms with Crippen LogP contribution in [0.2, 0.25) is 0 Å². The molecule has 4 aromatic heterocycles. The minimum Gasteiger partial charge on any atom is -0.790 e. The van der Waals surface area contributed by atoms with Crippen LogP contribution in [-0.4, -0.2) is 44.6 Å². The molecule has 8 heterocycles. The Labute approximate surface area is 509 Å². The van der Waals surface area contributed by atoms with E-state index in [1.54, 1.807) is 35.1 Å². The molecule has 0 amide bonds. The molecule has 408 valence electrons. The summed E-state index contributed by atoms with van der Waals surface area (Å²) in [5.74, 6) is -1.47. The molecule has 4 aliphatic rings. The van der Waals surface area contributed by atoms with Crippen LogP contribution < -0.4 is 80.0 Å². The van der Waals surface area contributed by atoms with Gasteiger partial charge in [-0.3, -0.25) is 23.2 Å². The predicted octanol–water partition coefficient (Wildman–Crippen LogP) is 2.17. The monoisotopic (exact) mass is 1160 g/mol. The SMILES string of the molecule is C.CC[C@@]1(OCOP(=O)(OCc2ccccc2)OCc2ccccc2)C(=O)OCc2c1cc1n(c2=O)Cc2cc3ccccc3nc2-1.CC[C@@]1(OCOP(=O)([O-])[O-])C(=O)OCc2c1cc1n(c2=O)Cc2cc3ccccc3nc2-1.[Na+].[Na+]. The zero-order valence-electron chi connectivity index (χ0n) is 44.0. The summed E-state index contributed by atoms with van der Waals surface area (Å²) < 4.78 is 71.4. The zero-order chi connectivity index (χ0) is 54.4. The number of pyridine rings is 4. The third kappa shape index (κ3) is 12.1. The molecule has 81 heavy (non-hydrogen) atoms. The first-order valence-corrected chi connectivity index (χ1v) is 27.8. The third-order valence-electron chi connectivity index (χ3n) is 14.3. The molecule has 0 saturated heterocycles. The number of para-hydroxylation sites is 2. The van der Waals surface area contributed by atoms with E-state index in [9.17, 15) is 38.1 Å². The summed E-state index contributed by atoms with van der Waals surface area (Å²) >= 11 is 0. The second-order valence-corrected chi connectivity index (χ2v) is 21.5. The van der Waals surface area contributed by atoms with Gasteiger partial charge in [0.25, 0.3) is 11.1 Å². The van der Waals surface area contributed by atoms with Gasteiger partial charge in [0, 0.05) is 33.0 Å². The fraction of sp³-hybridized carbons (Fsp3) is 0.263. The Morgan fingerprint density at radius 2 is 0.951 bits per heavy atom. The van der Waals surface area contributed by atoms with E-state index >= 15 is 0 Å². The molecule has 0 unspecified atom stereocenters. The number of carbonyl (C=O) groups is 2. The fourth-order valence-electron chi connectivity index (χ4n) is 10.3. The first-order valence-electron chi connectivity index (χ1n) is 24.9. The number of ether oxygens (including phenoxy) is 4. The average Bonchev–Trinajstić information content (AvgIpc) is 4.25. The number of aromatic nitrogens is 4. The number of phosphoric ester groups is 2. The van der Waals surface area contributed by atoms with Crippen LogP contribution in [0.25, 0.3) is 44.6 Å². The number of esters is 2. The average molecular weight is 1160 g/mol. The van der Waals surface area contributed by atoms with Crippen molar-refractivity contribution >= 4 is 49.4 Å². The van der Waals surface area contributed by atoms with Crippen molar-refractivity contribution in [3.8, 4) is 22.8 Å². The number of hydrogen-bond donors (Lipinski definition) is 0. The summed E-state index contributed by atoms with van der Waals surface area (Å²) in [6.07, 6.45) is 0.133. The minimum atomic E-state index is -5.32. The van der Waals surface area contributed by atoms with Gasteiger partial charge >= 0.3 is 78.9 Å². The van der Waals surface area contributed by atoms with Gasteiger partial charge in [-0.1, -0.05) is 118 Å². The summed E-state index contributed by atoms with van der Waals surface area (Å²) in [6.45, 7) is 1.91. The van der Waals surface area contributed by atoms with Gasteiger partial charge in [0.1, 0.15) is 13.2 Å². The third-order valence-corrected chi connectivity index (χ3v) is 16.0. The van der Waals surface area contributed by atoms with E-state index in [0.717, 1.165) is 44.1 Å². The molecule has 0 spiro atoms. The summed E-state index contributed by atoms with van der Waals surface area (Å²) in [4.78, 5) is 84.6. The van der Waals surface area contributed by atoms with Crippen molar-refractivity contribution < 1.29 is 125 Å². The van der Waals surface area contributed by atoms with Crippen molar-refractivity contribution in [2.45, 2.75) is 84.8 Å². The van der Waals surface area contributed by atoms with Gasteiger partial charge in [0.05, 0.1) is 79.1 Å². The van der Waals surface area contributed by atoms with Gasteiger partial charge < -0.3 is 47.0 Å². The minimum absolute atomic E-state index is 0. The first-order chi connectivity index (χ1) is 37.6. The molecular formula is C57H52N4Na2O16P2. The molecule has 0 saturated carbocycles. The van der Waals surface area contributed by atoms with Crippen LogP contribution in [0.5, 0.6) is 0 Å². The Morgan fingerprint density at radius 3 is 1.36 bits per heavy atom. The van der Waals surface area contributed by atoms with E-state index in [4.69, 9.17) is 42.5 Å². The van der Waals surface area contributed by atoms with E-state index in [2.05, 4.69) is 4.52 Å². The van der Waals surface area contributed by atoms with E-state index in [0.29, 0.717) is 47.0 Å². The Balaban J connectivity index is 0.000000217. The summed E-state index contributed by atoms with van der Waals surface area (Å²) in [6, 6.07) is 41.2. The van der Waals surface area contributed by atoms with Crippen LogP contribution in [0, 0.1) is 0 Å².